The molecule has 0 saturated carbocycles. The molecule has 0 unspecified atom stereocenters. The molecule has 0 aliphatic carbocycles. The van der Waals surface area contributed by atoms with Crippen LogP contribution in [0, 0.1) is 6.92 Å². The SMILES string of the molecule is CCOc1cc(C)ccc1CNC(=NC)NCc1ccccc1OC. The monoisotopic (exact) mass is 341 g/mol. The molecule has 0 fully saturated rings. The fourth-order valence-electron chi connectivity index (χ4n) is 2.53. The molecule has 0 saturated heterocycles. The molecular formula is C20H27N3O2. The molecule has 5 nitrogen and oxygen atoms in total. The van der Waals surface area contributed by atoms with E-state index in [4.69, 9.17) is 9.47 Å². The summed E-state index contributed by atoms with van der Waals surface area (Å²) in [6, 6.07) is 14.2. The molecule has 134 valence electrons. The van der Waals surface area contributed by atoms with Gasteiger partial charge < -0.3 is 20.1 Å². The van der Waals surface area contributed by atoms with Gasteiger partial charge in [0.2, 0.25) is 0 Å². The van der Waals surface area contributed by atoms with Crippen LogP contribution < -0.4 is 20.1 Å². The van der Waals surface area contributed by atoms with Crippen LogP contribution in [0.3, 0.4) is 0 Å². The fraction of sp³-hybridized carbons (Fsp3) is 0.350. The number of aliphatic imine (C=N–C) groups is 1. The topological polar surface area (TPSA) is 54.9 Å². The maximum Gasteiger partial charge on any atom is 0.191 e. The highest BCUT2D eigenvalue weighted by atomic mass is 16.5. The number of rotatable bonds is 7. The third-order valence-corrected chi connectivity index (χ3v) is 3.83. The van der Waals surface area contributed by atoms with Crippen molar-refractivity contribution < 1.29 is 9.47 Å². The fourth-order valence-corrected chi connectivity index (χ4v) is 2.53. The van der Waals surface area contributed by atoms with E-state index in [2.05, 4.69) is 40.7 Å². The summed E-state index contributed by atoms with van der Waals surface area (Å²) in [5.74, 6) is 2.51. The summed E-state index contributed by atoms with van der Waals surface area (Å²) in [5, 5.41) is 6.64. The molecule has 0 spiro atoms. The number of aryl methyl sites for hydroxylation is 1. The third-order valence-electron chi connectivity index (χ3n) is 3.83. The predicted octanol–water partition coefficient (Wildman–Crippen LogP) is 3.27. The highest BCUT2D eigenvalue weighted by Crippen LogP contribution is 2.20. The Labute approximate surface area is 150 Å². The van der Waals surface area contributed by atoms with Crippen molar-refractivity contribution in [3.8, 4) is 11.5 Å². The Kier molecular flexibility index (Phi) is 7.14. The Morgan fingerprint density at radius 2 is 1.68 bits per heavy atom. The summed E-state index contributed by atoms with van der Waals surface area (Å²) in [6.07, 6.45) is 0. The predicted molar refractivity (Wildman–Crippen MR) is 102 cm³/mol. The van der Waals surface area contributed by atoms with Crippen LogP contribution in [0.1, 0.15) is 23.6 Å². The lowest BCUT2D eigenvalue weighted by atomic mass is 10.1. The van der Waals surface area contributed by atoms with Gasteiger partial charge in [-0.15, -0.1) is 0 Å². The van der Waals surface area contributed by atoms with E-state index in [1.165, 1.54) is 5.56 Å². The molecule has 25 heavy (non-hydrogen) atoms. The first kappa shape index (κ1) is 18.6. The number of ether oxygens (including phenoxy) is 2. The van der Waals surface area contributed by atoms with Gasteiger partial charge in [0.15, 0.2) is 5.96 Å². The van der Waals surface area contributed by atoms with E-state index in [0.29, 0.717) is 19.7 Å². The van der Waals surface area contributed by atoms with Gasteiger partial charge in [-0.2, -0.15) is 0 Å². The van der Waals surface area contributed by atoms with Crippen LogP contribution in [-0.2, 0) is 13.1 Å². The van der Waals surface area contributed by atoms with E-state index >= 15 is 0 Å². The molecule has 2 rings (SSSR count). The average molecular weight is 341 g/mol. The Hall–Kier alpha value is -2.69. The molecule has 0 aromatic heterocycles. The number of guanidine groups is 1. The standard InChI is InChI=1S/C20H27N3O2/c1-5-25-19-12-15(2)10-11-17(19)14-23-20(21-3)22-13-16-8-6-7-9-18(16)24-4/h6-12H,5,13-14H2,1-4H3,(H2,21,22,23). The summed E-state index contributed by atoms with van der Waals surface area (Å²) in [4.78, 5) is 4.28. The number of benzene rings is 2. The zero-order chi connectivity index (χ0) is 18.1. The van der Waals surface area contributed by atoms with Gasteiger partial charge in [0.1, 0.15) is 11.5 Å². The summed E-state index contributed by atoms with van der Waals surface area (Å²) in [7, 11) is 3.44. The lowest BCUT2D eigenvalue weighted by Crippen LogP contribution is -2.36. The van der Waals surface area contributed by atoms with E-state index < -0.39 is 0 Å². The highest BCUT2D eigenvalue weighted by Gasteiger charge is 2.07. The summed E-state index contributed by atoms with van der Waals surface area (Å²) >= 11 is 0. The molecule has 0 heterocycles. The molecular weight excluding hydrogens is 314 g/mol. The van der Waals surface area contributed by atoms with Crippen molar-refractivity contribution >= 4 is 5.96 Å². The van der Waals surface area contributed by atoms with E-state index in [1.807, 2.05) is 31.2 Å². The Bertz CT molecular complexity index is 714. The van der Waals surface area contributed by atoms with Crippen molar-refractivity contribution in [1.82, 2.24) is 10.6 Å². The van der Waals surface area contributed by atoms with Crippen LogP contribution in [0.25, 0.3) is 0 Å². The minimum atomic E-state index is 0.635. The quantitative estimate of drug-likeness (QED) is 0.599. The zero-order valence-electron chi connectivity index (χ0n) is 15.4. The maximum atomic E-state index is 5.73. The zero-order valence-corrected chi connectivity index (χ0v) is 15.4. The van der Waals surface area contributed by atoms with Crippen LogP contribution in [0.15, 0.2) is 47.5 Å². The molecule has 0 aliphatic heterocycles. The first-order valence-electron chi connectivity index (χ1n) is 8.46. The first-order valence-corrected chi connectivity index (χ1v) is 8.46. The summed E-state index contributed by atoms with van der Waals surface area (Å²) in [6.45, 7) is 5.98. The summed E-state index contributed by atoms with van der Waals surface area (Å²) < 4.78 is 11.1. The molecule has 0 radical (unpaired) electrons. The van der Waals surface area contributed by atoms with Crippen molar-refractivity contribution in [2.45, 2.75) is 26.9 Å². The van der Waals surface area contributed by atoms with Gasteiger partial charge >= 0.3 is 0 Å². The lowest BCUT2D eigenvalue weighted by Gasteiger charge is -2.15. The van der Waals surface area contributed by atoms with Crippen molar-refractivity contribution in [1.29, 1.82) is 0 Å². The van der Waals surface area contributed by atoms with Crippen LogP contribution >= 0.6 is 0 Å². The number of para-hydroxylation sites is 1. The molecule has 0 atom stereocenters. The molecule has 0 bridgehead atoms. The Balaban J connectivity index is 1.97. The van der Waals surface area contributed by atoms with Gasteiger partial charge in [-0.1, -0.05) is 30.3 Å². The molecule has 5 heteroatoms. The molecule has 0 aliphatic rings. The normalized spacial score (nSPS) is 11.1. The van der Waals surface area contributed by atoms with Crippen molar-refractivity contribution in [2.24, 2.45) is 4.99 Å². The summed E-state index contributed by atoms with van der Waals surface area (Å²) in [5.41, 5.74) is 3.37. The molecule has 2 N–H and O–H groups in total. The van der Waals surface area contributed by atoms with Gasteiger partial charge in [0, 0.05) is 31.3 Å². The highest BCUT2D eigenvalue weighted by molar-refractivity contribution is 5.79. The largest absolute Gasteiger partial charge is 0.496 e. The van der Waals surface area contributed by atoms with E-state index in [9.17, 15) is 0 Å². The van der Waals surface area contributed by atoms with Gasteiger partial charge in [-0.3, -0.25) is 4.99 Å². The van der Waals surface area contributed by atoms with Gasteiger partial charge in [0.05, 0.1) is 13.7 Å². The number of hydrogen-bond donors (Lipinski definition) is 2. The van der Waals surface area contributed by atoms with Gasteiger partial charge in [-0.05, 0) is 31.5 Å². The molecule has 2 aromatic rings. The van der Waals surface area contributed by atoms with Crippen LogP contribution in [-0.4, -0.2) is 26.7 Å². The minimum absolute atomic E-state index is 0.635. The second kappa shape index (κ2) is 9.57. The second-order valence-electron chi connectivity index (χ2n) is 5.64. The molecule has 0 amide bonds. The average Bonchev–Trinajstić information content (AvgIpc) is 2.63. The van der Waals surface area contributed by atoms with E-state index in [1.54, 1.807) is 14.2 Å². The van der Waals surface area contributed by atoms with Crippen LogP contribution in [0.5, 0.6) is 11.5 Å². The van der Waals surface area contributed by atoms with Crippen LogP contribution in [0.4, 0.5) is 0 Å². The second-order valence-corrected chi connectivity index (χ2v) is 5.64. The minimum Gasteiger partial charge on any atom is -0.496 e. The van der Waals surface area contributed by atoms with E-state index in [-0.39, 0.29) is 0 Å². The third kappa shape index (κ3) is 5.41. The number of methoxy groups -OCH3 is 1. The van der Waals surface area contributed by atoms with E-state index in [0.717, 1.165) is 28.6 Å². The van der Waals surface area contributed by atoms with Crippen molar-refractivity contribution in [3.05, 3.63) is 59.2 Å². The van der Waals surface area contributed by atoms with Gasteiger partial charge in [0.25, 0.3) is 0 Å². The van der Waals surface area contributed by atoms with Crippen molar-refractivity contribution in [3.63, 3.8) is 0 Å². The van der Waals surface area contributed by atoms with Crippen molar-refractivity contribution in [2.75, 3.05) is 20.8 Å². The molecule has 2 aromatic carbocycles. The Morgan fingerprint density at radius 1 is 1.00 bits per heavy atom. The van der Waals surface area contributed by atoms with Crippen LogP contribution in [0.2, 0.25) is 0 Å². The number of nitrogens with zero attached hydrogens (tertiary/aromatic N) is 1. The maximum absolute atomic E-state index is 5.73. The van der Waals surface area contributed by atoms with Gasteiger partial charge in [-0.25, -0.2) is 0 Å². The smallest absolute Gasteiger partial charge is 0.191 e. The Morgan fingerprint density at radius 3 is 2.32 bits per heavy atom. The first-order chi connectivity index (χ1) is 12.2. The number of nitrogens with one attached hydrogen (secondary N) is 2. The lowest BCUT2D eigenvalue weighted by molar-refractivity contribution is 0.336. The number of hydrogen-bond acceptors (Lipinski definition) is 3.